The fourth-order valence-electron chi connectivity index (χ4n) is 2.67. The van der Waals surface area contributed by atoms with E-state index >= 15 is 0 Å². The molecule has 0 bridgehead atoms. The van der Waals surface area contributed by atoms with Crippen LogP contribution < -0.4 is 0 Å². The van der Waals surface area contributed by atoms with Gasteiger partial charge in [-0.3, -0.25) is 0 Å². The lowest BCUT2D eigenvalue weighted by atomic mass is 9.98. The van der Waals surface area contributed by atoms with Crippen LogP contribution >= 0.6 is 11.3 Å². The Morgan fingerprint density at radius 1 is 1.15 bits per heavy atom. The molecule has 0 aliphatic heterocycles. The molecular formula is C16H16F2OS. The lowest BCUT2D eigenvalue weighted by Gasteiger charge is -2.09. The zero-order valence-electron chi connectivity index (χ0n) is 11.0. The zero-order chi connectivity index (χ0) is 14.1. The molecule has 4 heteroatoms. The van der Waals surface area contributed by atoms with E-state index in [1.54, 1.807) is 11.3 Å². The molecule has 2 aromatic rings. The summed E-state index contributed by atoms with van der Waals surface area (Å²) in [5, 5.41) is 10.3. The molecule has 1 nitrogen and oxygen atoms in total. The topological polar surface area (TPSA) is 20.2 Å². The second-order valence-corrected chi connectivity index (χ2v) is 6.43. The number of aliphatic hydroxyl groups excluding tert-OH is 1. The molecule has 1 heterocycles. The largest absolute Gasteiger partial charge is 0.387 e. The van der Waals surface area contributed by atoms with Gasteiger partial charge in [0, 0.05) is 22.2 Å². The Bertz CT molecular complexity index is 597. The van der Waals surface area contributed by atoms with Gasteiger partial charge in [0.25, 0.3) is 0 Å². The number of halogens is 2. The Kier molecular flexibility index (Phi) is 3.85. The number of benzene rings is 1. The van der Waals surface area contributed by atoms with Crippen LogP contribution in [0.3, 0.4) is 0 Å². The monoisotopic (exact) mass is 294 g/mol. The van der Waals surface area contributed by atoms with E-state index in [1.807, 2.05) is 6.07 Å². The molecule has 1 aliphatic rings. The molecule has 1 atom stereocenters. The SMILES string of the molecule is OC(Cc1ccc(F)cc1F)c1cc2c(s1)CCCC2. The van der Waals surface area contributed by atoms with Gasteiger partial charge in [0.15, 0.2) is 0 Å². The van der Waals surface area contributed by atoms with E-state index in [-0.39, 0.29) is 6.42 Å². The number of thiophene rings is 1. The van der Waals surface area contributed by atoms with Crippen LogP contribution in [-0.4, -0.2) is 5.11 Å². The molecule has 106 valence electrons. The first kappa shape index (κ1) is 13.7. The number of fused-ring (bicyclic) bond motifs is 1. The quantitative estimate of drug-likeness (QED) is 0.900. The van der Waals surface area contributed by atoms with Crippen LogP contribution in [0.4, 0.5) is 8.78 Å². The molecule has 20 heavy (non-hydrogen) atoms. The Morgan fingerprint density at radius 2 is 1.95 bits per heavy atom. The Hall–Kier alpha value is -1.26. The van der Waals surface area contributed by atoms with E-state index in [4.69, 9.17) is 0 Å². The van der Waals surface area contributed by atoms with Crippen molar-refractivity contribution in [3.8, 4) is 0 Å². The Morgan fingerprint density at radius 3 is 2.70 bits per heavy atom. The lowest BCUT2D eigenvalue weighted by Crippen LogP contribution is -2.02. The minimum Gasteiger partial charge on any atom is -0.387 e. The smallest absolute Gasteiger partial charge is 0.129 e. The summed E-state index contributed by atoms with van der Waals surface area (Å²) in [6, 6.07) is 5.54. The van der Waals surface area contributed by atoms with Crippen LogP contribution in [0.5, 0.6) is 0 Å². The molecule has 0 radical (unpaired) electrons. The van der Waals surface area contributed by atoms with Gasteiger partial charge in [-0.1, -0.05) is 6.07 Å². The molecule has 0 fully saturated rings. The summed E-state index contributed by atoms with van der Waals surface area (Å²) in [4.78, 5) is 2.24. The maximum atomic E-state index is 13.6. The summed E-state index contributed by atoms with van der Waals surface area (Å²) >= 11 is 1.63. The van der Waals surface area contributed by atoms with E-state index in [0.29, 0.717) is 5.56 Å². The first-order chi connectivity index (χ1) is 9.63. The molecule has 1 aliphatic carbocycles. The van der Waals surface area contributed by atoms with Crippen molar-refractivity contribution in [1.82, 2.24) is 0 Å². The van der Waals surface area contributed by atoms with Crippen LogP contribution in [0.1, 0.15) is 39.8 Å². The van der Waals surface area contributed by atoms with Crippen molar-refractivity contribution in [3.63, 3.8) is 0 Å². The molecule has 0 spiro atoms. The average Bonchev–Trinajstić information content (AvgIpc) is 2.86. The molecule has 1 N–H and O–H groups in total. The van der Waals surface area contributed by atoms with E-state index < -0.39 is 17.7 Å². The van der Waals surface area contributed by atoms with E-state index in [2.05, 4.69) is 0 Å². The van der Waals surface area contributed by atoms with Crippen molar-refractivity contribution in [1.29, 1.82) is 0 Å². The van der Waals surface area contributed by atoms with Crippen LogP contribution in [0.25, 0.3) is 0 Å². The maximum Gasteiger partial charge on any atom is 0.129 e. The molecule has 1 aromatic heterocycles. The first-order valence-corrected chi connectivity index (χ1v) is 7.68. The van der Waals surface area contributed by atoms with Gasteiger partial charge in [-0.2, -0.15) is 0 Å². The van der Waals surface area contributed by atoms with Crippen molar-refractivity contribution in [2.24, 2.45) is 0 Å². The third kappa shape index (κ3) is 2.76. The molecular weight excluding hydrogens is 278 g/mol. The third-order valence-corrected chi connectivity index (χ3v) is 5.11. The standard InChI is InChI=1S/C16H16F2OS/c17-12-6-5-10(13(18)9-12)7-14(19)16-8-11-3-1-2-4-15(11)20-16/h5-6,8-9,14,19H,1-4,7H2. The van der Waals surface area contributed by atoms with Crippen molar-refractivity contribution >= 4 is 11.3 Å². The predicted octanol–water partition coefficient (Wildman–Crippen LogP) is 4.18. The van der Waals surface area contributed by atoms with Crippen LogP contribution in [0, 0.1) is 11.6 Å². The summed E-state index contributed by atoms with van der Waals surface area (Å²) in [6.07, 6.45) is 4.03. The van der Waals surface area contributed by atoms with Crippen LogP contribution in [0.2, 0.25) is 0 Å². The van der Waals surface area contributed by atoms with Gasteiger partial charge >= 0.3 is 0 Å². The van der Waals surface area contributed by atoms with Crippen molar-refractivity contribution in [2.75, 3.05) is 0 Å². The summed E-state index contributed by atoms with van der Waals surface area (Å²) in [5.74, 6) is -1.18. The van der Waals surface area contributed by atoms with E-state index in [1.165, 1.54) is 35.4 Å². The number of aryl methyl sites for hydroxylation is 2. The van der Waals surface area contributed by atoms with Crippen LogP contribution in [0.15, 0.2) is 24.3 Å². The van der Waals surface area contributed by atoms with Crippen molar-refractivity contribution in [2.45, 2.75) is 38.2 Å². The van der Waals surface area contributed by atoms with Gasteiger partial charge in [0.05, 0.1) is 6.10 Å². The van der Waals surface area contributed by atoms with Gasteiger partial charge < -0.3 is 5.11 Å². The predicted molar refractivity (Wildman–Crippen MR) is 76.0 cm³/mol. The lowest BCUT2D eigenvalue weighted by molar-refractivity contribution is 0.181. The van der Waals surface area contributed by atoms with Gasteiger partial charge in [0.1, 0.15) is 11.6 Å². The highest BCUT2D eigenvalue weighted by Crippen LogP contribution is 2.34. The van der Waals surface area contributed by atoms with E-state index in [9.17, 15) is 13.9 Å². The molecule has 0 saturated heterocycles. The first-order valence-electron chi connectivity index (χ1n) is 6.87. The Balaban J connectivity index is 1.78. The third-order valence-electron chi connectivity index (χ3n) is 3.77. The molecule has 1 aromatic carbocycles. The van der Waals surface area contributed by atoms with Gasteiger partial charge in [-0.15, -0.1) is 11.3 Å². The number of hydrogen-bond donors (Lipinski definition) is 1. The normalized spacial score (nSPS) is 15.9. The summed E-state index contributed by atoms with van der Waals surface area (Å²) in [5.41, 5.74) is 1.68. The van der Waals surface area contributed by atoms with Gasteiger partial charge in [-0.25, -0.2) is 8.78 Å². The fourth-order valence-corrected chi connectivity index (χ4v) is 3.92. The molecule has 0 amide bonds. The average molecular weight is 294 g/mol. The van der Waals surface area contributed by atoms with Crippen molar-refractivity contribution in [3.05, 3.63) is 56.8 Å². The Labute approximate surface area is 120 Å². The summed E-state index contributed by atoms with van der Waals surface area (Å²) < 4.78 is 26.5. The molecule has 1 unspecified atom stereocenters. The highest BCUT2D eigenvalue weighted by molar-refractivity contribution is 7.12. The number of aliphatic hydroxyl groups is 1. The highest BCUT2D eigenvalue weighted by Gasteiger charge is 2.19. The van der Waals surface area contributed by atoms with Crippen molar-refractivity contribution < 1.29 is 13.9 Å². The minimum atomic E-state index is -0.717. The number of rotatable bonds is 3. The zero-order valence-corrected chi connectivity index (χ0v) is 11.9. The summed E-state index contributed by atoms with van der Waals surface area (Å²) in [6.45, 7) is 0. The van der Waals surface area contributed by atoms with Gasteiger partial charge in [0.2, 0.25) is 0 Å². The van der Waals surface area contributed by atoms with Crippen LogP contribution in [-0.2, 0) is 19.3 Å². The summed E-state index contributed by atoms with van der Waals surface area (Å²) in [7, 11) is 0. The molecule has 3 rings (SSSR count). The fraction of sp³-hybridized carbons (Fsp3) is 0.375. The van der Waals surface area contributed by atoms with E-state index in [0.717, 1.165) is 23.8 Å². The minimum absolute atomic E-state index is 0.186. The highest BCUT2D eigenvalue weighted by atomic mass is 32.1. The maximum absolute atomic E-state index is 13.6. The number of hydrogen-bond acceptors (Lipinski definition) is 2. The van der Waals surface area contributed by atoms with Gasteiger partial charge in [-0.05, 0) is 48.9 Å². The second kappa shape index (κ2) is 5.62. The second-order valence-electron chi connectivity index (χ2n) is 5.26. The molecule has 0 saturated carbocycles.